The Kier molecular flexibility index (Phi) is 7.15. The van der Waals surface area contributed by atoms with E-state index in [9.17, 15) is 0 Å². The summed E-state index contributed by atoms with van der Waals surface area (Å²) < 4.78 is 5.17. The van der Waals surface area contributed by atoms with Crippen molar-refractivity contribution < 1.29 is 4.74 Å². The van der Waals surface area contributed by atoms with E-state index in [2.05, 4.69) is 65.0 Å². The lowest BCUT2D eigenvalue weighted by atomic mass is 9.98. The molecule has 0 aliphatic heterocycles. The fourth-order valence-corrected chi connectivity index (χ4v) is 2.51. The van der Waals surface area contributed by atoms with Crippen LogP contribution in [0.15, 0.2) is 59.6 Å². The van der Waals surface area contributed by atoms with Crippen molar-refractivity contribution in [1.29, 1.82) is 0 Å². The Balaban J connectivity index is 1.74. The van der Waals surface area contributed by atoms with Crippen LogP contribution < -0.4 is 15.4 Å². The molecule has 2 N–H and O–H groups in total. The van der Waals surface area contributed by atoms with Gasteiger partial charge in [-0.1, -0.05) is 49.4 Å². The van der Waals surface area contributed by atoms with E-state index in [0.29, 0.717) is 5.92 Å². The molecule has 1 unspecified atom stereocenters. The van der Waals surface area contributed by atoms with Crippen LogP contribution >= 0.6 is 0 Å². The third-order valence-corrected chi connectivity index (χ3v) is 4.08. The molecule has 2 aromatic rings. The van der Waals surface area contributed by atoms with Gasteiger partial charge in [0.1, 0.15) is 5.75 Å². The lowest BCUT2D eigenvalue weighted by Gasteiger charge is -2.15. The number of hydrogen-bond acceptors (Lipinski definition) is 2. The van der Waals surface area contributed by atoms with Gasteiger partial charge < -0.3 is 15.4 Å². The molecule has 2 rings (SSSR count). The van der Waals surface area contributed by atoms with Gasteiger partial charge in [-0.2, -0.15) is 0 Å². The molecule has 1 atom stereocenters. The fraction of sp³-hybridized carbons (Fsp3) is 0.350. The van der Waals surface area contributed by atoms with Crippen molar-refractivity contribution in [3.05, 3.63) is 65.7 Å². The van der Waals surface area contributed by atoms with Gasteiger partial charge in [-0.3, -0.25) is 4.99 Å². The minimum Gasteiger partial charge on any atom is -0.497 e. The van der Waals surface area contributed by atoms with Crippen molar-refractivity contribution in [1.82, 2.24) is 10.6 Å². The lowest BCUT2D eigenvalue weighted by Crippen LogP contribution is -2.37. The zero-order chi connectivity index (χ0) is 17.2. The molecule has 0 spiro atoms. The Morgan fingerprint density at radius 1 is 1.04 bits per heavy atom. The first-order valence-corrected chi connectivity index (χ1v) is 8.35. The molecule has 24 heavy (non-hydrogen) atoms. The highest BCUT2D eigenvalue weighted by Gasteiger charge is 2.05. The number of nitrogens with one attached hydrogen (secondary N) is 2. The maximum atomic E-state index is 5.17. The van der Waals surface area contributed by atoms with Crippen LogP contribution in [-0.4, -0.2) is 26.7 Å². The molecule has 2 aromatic carbocycles. The SMILES string of the molecule is CN=C(NCCC(C)c1ccccc1)NCc1ccc(OC)cc1. The molecule has 0 aliphatic carbocycles. The summed E-state index contributed by atoms with van der Waals surface area (Å²) in [5, 5.41) is 6.71. The van der Waals surface area contributed by atoms with Crippen LogP contribution in [0.4, 0.5) is 0 Å². The minimum atomic E-state index is 0.526. The van der Waals surface area contributed by atoms with Gasteiger partial charge in [-0.05, 0) is 35.6 Å². The van der Waals surface area contributed by atoms with Gasteiger partial charge in [0.15, 0.2) is 5.96 Å². The van der Waals surface area contributed by atoms with Crippen molar-refractivity contribution in [3.63, 3.8) is 0 Å². The predicted octanol–water partition coefficient (Wildman–Crippen LogP) is 3.55. The van der Waals surface area contributed by atoms with Gasteiger partial charge in [0.2, 0.25) is 0 Å². The van der Waals surface area contributed by atoms with Crippen LogP contribution in [-0.2, 0) is 6.54 Å². The molecule has 128 valence electrons. The van der Waals surface area contributed by atoms with E-state index < -0.39 is 0 Å². The molecule has 0 heterocycles. The molecule has 4 heteroatoms. The van der Waals surface area contributed by atoms with Gasteiger partial charge in [-0.25, -0.2) is 0 Å². The second-order valence-corrected chi connectivity index (χ2v) is 5.80. The minimum absolute atomic E-state index is 0.526. The van der Waals surface area contributed by atoms with Crippen LogP contribution in [0.1, 0.15) is 30.4 Å². The molecule has 0 fully saturated rings. The second-order valence-electron chi connectivity index (χ2n) is 5.80. The Morgan fingerprint density at radius 3 is 2.38 bits per heavy atom. The first-order valence-electron chi connectivity index (χ1n) is 8.35. The molecule has 4 nitrogen and oxygen atoms in total. The molecule has 0 amide bonds. The van der Waals surface area contributed by atoms with Crippen molar-refractivity contribution in [3.8, 4) is 5.75 Å². The second kappa shape index (κ2) is 9.60. The molecule has 0 saturated carbocycles. The van der Waals surface area contributed by atoms with Gasteiger partial charge in [0.25, 0.3) is 0 Å². The third-order valence-electron chi connectivity index (χ3n) is 4.08. The summed E-state index contributed by atoms with van der Waals surface area (Å²) >= 11 is 0. The van der Waals surface area contributed by atoms with Crippen molar-refractivity contribution in [2.75, 3.05) is 20.7 Å². The maximum absolute atomic E-state index is 5.17. The van der Waals surface area contributed by atoms with E-state index in [4.69, 9.17) is 4.74 Å². The average Bonchev–Trinajstić information content (AvgIpc) is 2.65. The van der Waals surface area contributed by atoms with Crippen LogP contribution in [0.2, 0.25) is 0 Å². The van der Waals surface area contributed by atoms with Crippen molar-refractivity contribution in [2.24, 2.45) is 4.99 Å². The molecular formula is C20H27N3O. The van der Waals surface area contributed by atoms with Crippen LogP contribution in [0.25, 0.3) is 0 Å². The summed E-state index contributed by atoms with van der Waals surface area (Å²) in [4.78, 5) is 4.28. The maximum Gasteiger partial charge on any atom is 0.191 e. The number of benzene rings is 2. The predicted molar refractivity (Wildman–Crippen MR) is 101 cm³/mol. The Morgan fingerprint density at radius 2 is 1.75 bits per heavy atom. The Labute approximate surface area is 145 Å². The standard InChI is InChI=1S/C20H27N3O/c1-16(18-7-5-4-6-8-18)13-14-22-20(21-2)23-15-17-9-11-19(24-3)12-10-17/h4-12,16H,13-15H2,1-3H3,(H2,21,22,23). The number of ether oxygens (including phenoxy) is 1. The molecule has 0 saturated heterocycles. The van der Waals surface area contributed by atoms with E-state index >= 15 is 0 Å². The number of rotatable bonds is 7. The van der Waals surface area contributed by atoms with Crippen molar-refractivity contribution in [2.45, 2.75) is 25.8 Å². The quantitative estimate of drug-likeness (QED) is 0.604. The number of hydrogen-bond donors (Lipinski definition) is 2. The van der Waals surface area contributed by atoms with E-state index in [1.165, 1.54) is 11.1 Å². The van der Waals surface area contributed by atoms with Gasteiger partial charge in [0.05, 0.1) is 7.11 Å². The van der Waals surface area contributed by atoms with Crippen molar-refractivity contribution >= 4 is 5.96 Å². The summed E-state index contributed by atoms with van der Waals surface area (Å²) in [7, 11) is 3.47. The van der Waals surface area contributed by atoms with E-state index in [-0.39, 0.29) is 0 Å². The number of guanidine groups is 1. The zero-order valence-electron chi connectivity index (χ0n) is 14.8. The topological polar surface area (TPSA) is 45.7 Å². The van der Waals surface area contributed by atoms with E-state index in [1.54, 1.807) is 14.2 Å². The lowest BCUT2D eigenvalue weighted by molar-refractivity contribution is 0.414. The highest BCUT2D eigenvalue weighted by molar-refractivity contribution is 5.79. The van der Waals surface area contributed by atoms with E-state index in [1.807, 2.05) is 12.1 Å². The Hall–Kier alpha value is -2.49. The molecular weight excluding hydrogens is 298 g/mol. The molecule has 0 aliphatic rings. The highest BCUT2D eigenvalue weighted by atomic mass is 16.5. The van der Waals surface area contributed by atoms with Gasteiger partial charge >= 0.3 is 0 Å². The Bertz CT molecular complexity index is 623. The average molecular weight is 325 g/mol. The zero-order valence-corrected chi connectivity index (χ0v) is 14.8. The third kappa shape index (κ3) is 5.61. The smallest absolute Gasteiger partial charge is 0.191 e. The summed E-state index contributed by atoms with van der Waals surface area (Å²) in [6.07, 6.45) is 1.06. The number of methoxy groups -OCH3 is 1. The fourth-order valence-electron chi connectivity index (χ4n) is 2.51. The summed E-state index contributed by atoms with van der Waals surface area (Å²) in [6, 6.07) is 18.6. The number of aliphatic imine (C=N–C) groups is 1. The summed E-state index contributed by atoms with van der Waals surface area (Å²) in [5.74, 6) is 2.22. The largest absolute Gasteiger partial charge is 0.497 e. The van der Waals surface area contributed by atoms with Crippen LogP contribution in [0.3, 0.4) is 0 Å². The summed E-state index contributed by atoms with van der Waals surface area (Å²) in [5.41, 5.74) is 2.57. The normalized spacial score (nSPS) is 12.5. The monoisotopic (exact) mass is 325 g/mol. The first-order chi connectivity index (χ1) is 11.7. The molecule has 0 bridgehead atoms. The number of nitrogens with zero attached hydrogens (tertiary/aromatic N) is 1. The first kappa shape index (κ1) is 17.9. The van der Waals surface area contributed by atoms with E-state index in [0.717, 1.165) is 31.2 Å². The molecule has 0 aromatic heterocycles. The summed E-state index contributed by atoms with van der Waals surface area (Å²) in [6.45, 7) is 3.88. The van der Waals surface area contributed by atoms with Gasteiger partial charge in [0, 0.05) is 20.1 Å². The van der Waals surface area contributed by atoms with Gasteiger partial charge in [-0.15, -0.1) is 0 Å². The van der Waals surface area contributed by atoms with Crippen LogP contribution in [0, 0.1) is 0 Å². The highest BCUT2D eigenvalue weighted by Crippen LogP contribution is 2.17. The van der Waals surface area contributed by atoms with Crippen LogP contribution in [0.5, 0.6) is 5.75 Å². The molecule has 0 radical (unpaired) electrons.